The summed E-state index contributed by atoms with van der Waals surface area (Å²) in [5, 5.41) is 14.1. The van der Waals surface area contributed by atoms with Gasteiger partial charge < -0.3 is 5.21 Å². The van der Waals surface area contributed by atoms with E-state index in [4.69, 9.17) is 0 Å². The Morgan fingerprint density at radius 2 is 2.38 bits per heavy atom. The van der Waals surface area contributed by atoms with Gasteiger partial charge in [-0.1, -0.05) is 0 Å². The van der Waals surface area contributed by atoms with Crippen molar-refractivity contribution < 1.29 is 10.2 Å². The fraction of sp³-hybridized carbons (Fsp3) is 0.667. The second-order valence-electron chi connectivity index (χ2n) is 1.14. The molecule has 0 saturated carbocycles. The summed E-state index contributed by atoms with van der Waals surface area (Å²) in [4.78, 5) is 4.26. The van der Waals surface area contributed by atoms with Gasteiger partial charge in [0.1, 0.15) is 0 Å². The first-order valence-corrected chi connectivity index (χ1v) is 2.00. The Hall–Kier alpha value is -0.650. The third kappa shape index (κ3) is 1.87. The highest BCUT2D eigenvalue weighted by molar-refractivity contribution is 5.21. The summed E-state index contributed by atoms with van der Waals surface area (Å²) in [6, 6.07) is 0. The molecule has 0 aromatic rings. The van der Waals surface area contributed by atoms with Crippen molar-refractivity contribution in [1.29, 1.82) is 0 Å². The van der Waals surface area contributed by atoms with Crippen molar-refractivity contribution >= 4 is 6.72 Å². The van der Waals surface area contributed by atoms with Crippen LogP contribution in [0.5, 0.6) is 0 Å². The first kappa shape index (κ1) is 7.35. The molecule has 0 radical (unpaired) electrons. The number of nitrogens with one attached hydrogen (secondary N) is 1. The van der Waals surface area contributed by atoms with Crippen LogP contribution >= 0.6 is 0 Å². The third-order valence-electron chi connectivity index (χ3n) is 0.651. The standard InChI is InChI=1S/C3H9N3O2/c1-4-5(2)6(7)8-3/h6H,1H2,2-3H3. The van der Waals surface area contributed by atoms with Crippen molar-refractivity contribution in [1.82, 2.24) is 5.12 Å². The second kappa shape index (κ2) is 3.36. The maximum absolute atomic E-state index is 10.3. The topological polar surface area (TPSA) is 52.3 Å². The monoisotopic (exact) mass is 119 g/mol. The number of quaternary nitrogens is 1. The summed E-state index contributed by atoms with van der Waals surface area (Å²) < 4.78 is 0. The summed E-state index contributed by atoms with van der Waals surface area (Å²) >= 11 is 0. The van der Waals surface area contributed by atoms with Gasteiger partial charge in [0.2, 0.25) is 0 Å². The van der Waals surface area contributed by atoms with Gasteiger partial charge in [-0.15, -0.1) is 15.6 Å². The fourth-order valence-corrected chi connectivity index (χ4v) is 0.190. The third-order valence-corrected chi connectivity index (χ3v) is 0.651. The largest absolute Gasteiger partial charge is 0.573 e. The molecule has 1 N–H and O–H groups in total. The molecule has 0 heterocycles. The fourth-order valence-electron chi connectivity index (χ4n) is 0.190. The normalized spacial score (nSPS) is 12.9. The van der Waals surface area contributed by atoms with E-state index in [-0.39, 0.29) is 0 Å². The molecule has 0 bridgehead atoms. The molecular weight excluding hydrogens is 110 g/mol. The maximum Gasteiger partial charge on any atom is 0.0990 e. The van der Waals surface area contributed by atoms with Crippen molar-refractivity contribution in [3.05, 3.63) is 5.21 Å². The quantitative estimate of drug-likeness (QED) is 0.359. The molecule has 0 saturated heterocycles. The van der Waals surface area contributed by atoms with E-state index in [9.17, 15) is 5.21 Å². The number of hydrogen-bond donors (Lipinski definition) is 1. The molecule has 0 aliphatic heterocycles. The highest BCUT2D eigenvalue weighted by Gasteiger charge is 1.95. The van der Waals surface area contributed by atoms with Gasteiger partial charge in [-0.05, 0) is 0 Å². The van der Waals surface area contributed by atoms with Crippen molar-refractivity contribution in [2.45, 2.75) is 0 Å². The molecule has 48 valence electrons. The Morgan fingerprint density at radius 3 is 2.50 bits per heavy atom. The van der Waals surface area contributed by atoms with Crippen molar-refractivity contribution in [3.63, 3.8) is 0 Å². The van der Waals surface area contributed by atoms with E-state index in [2.05, 4.69) is 16.7 Å². The molecule has 0 aliphatic rings. The highest BCUT2D eigenvalue weighted by atomic mass is 16.9. The first-order chi connectivity index (χ1) is 3.72. The van der Waals surface area contributed by atoms with E-state index in [1.807, 2.05) is 0 Å². The molecular formula is C3H9N3O2. The number of rotatable bonds is 3. The highest BCUT2D eigenvalue weighted by Crippen LogP contribution is 1.60. The van der Waals surface area contributed by atoms with Crippen LogP contribution in [0.15, 0.2) is 5.10 Å². The molecule has 0 aliphatic carbocycles. The van der Waals surface area contributed by atoms with Crippen LogP contribution in [-0.4, -0.2) is 26.0 Å². The van der Waals surface area contributed by atoms with Gasteiger partial charge >= 0.3 is 0 Å². The van der Waals surface area contributed by atoms with E-state index in [1.165, 1.54) is 14.2 Å². The number of hydrazone groups is 1. The van der Waals surface area contributed by atoms with E-state index >= 15 is 0 Å². The minimum absolute atomic E-state index is 0.514. The van der Waals surface area contributed by atoms with E-state index in [0.717, 1.165) is 5.12 Å². The van der Waals surface area contributed by atoms with Crippen LogP contribution in [-0.2, 0) is 4.84 Å². The van der Waals surface area contributed by atoms with Crippen LogP contribution in [0.3, 0.4) is 0 Å². The van der Waals surface area contributed by atoms with Crippen molar-refractivity contribution in [3.8, 4) is 0 Å². The average Bonchev–Trinajstić information content (AvgIpc) is 1.84. The lowest BCUT2D eigenvalue weighted by Crippen LogP contribution is -3.11. The predicted molar refractivity (Wildman–Crippen MR) is 28.7 cm³/mol. The summed E-state index contributed by atoms with van der Waals surface area (Å²) in [6.07, 6.45) is 0. The number of nitrogens with zero attached hydrogens (tertiary/aromatic N) is 2. The van der Waals surface area contributed by atoms with Crippen LogP contribution in [0.25, 0.3) is 0 Å². The minimum Gasteiger partial charge on any atom is -0.573 e. The van der Waals surface area contributed by atoms with Crippen LogP contribution < -0.4 is 5.34 Å². The smallest absolute Gasteiger partial charge is 0.0990 e. The average molecular weight is 119 g/mol. The Balaban J connectivity index is 3.44. The SMILES string of the molecule is C=NN(C)[NH+]([O-])OC. The van der Waals surface area contributed by atoms with Gasteiger partial charge in [0.15, 0.2) is 0 Å². The molecule has 0 aromatic heterocycles. The van der Waals surface area contributed by atoms with Gasteiger partial charge in [0.25, 0.3) is 0 Å². The van der Waals surface area contributed by atoms with Crippen LogP contribution in [0.4, 0.5) is 0 Å². The molecule has 0 fully saturated rings. The lowest BCUT2D eigenvalue weighted by Gasteiger charge is -2.22. The molecule has 0 spiro atoms. The molecule has 0 rings (SSSR count). The van der Waals surface area contributed by atoms with E-state index in [0.29, 0.717) is 0 Å². The molecule has 5 nitrogen and oxygen atoms in total. The van der Waals surface area contributed by atoms with Crippen molar-refractivity contribution in [2.24, 2.45) is 5.10 Å². The zero-order chi connectivity index (χ0) is 6.57. The zero-order valence-electron chi connectivity index (χ0n) is 4.92. The zero-order valence-corrected chi connectivity index (χ0v) is 4.92. The summed E-state index contributed by atoms with van der Waals surface area (Å²) in [6.45, 7) is 3.10. The lowest BCUT2D eigenvalue weighted by atomic mass is 11.4. The lowest BCUT2D eigenvalue weighted by molar-refractivity contribution is -1.14. The van der Waals surface area contributed by atoms with Crippen molar-refractivity contribution in [2.75, 3.05) is 14.2 Å². The Kier molecular flexibility index (Phi) is 3.09. The van der Waals surface area contributed by atoms with Gasteiger partial charge in [-0.3, -0.25) is 0 Å². The van der Waals surface area contributed by atoms with Gasteiger partial charge in [0, 0.05) is 6.72 Å². The van der Waals surface area contributed by atoms with Crippen LogP contribution in [0.2, 0.25) is 0 Å². The van der Waals surface area contributed by atoms with Crippen LogP contribution in [0, 0.1) is 5.21 Å². The summed E-state index contributed by atoms with van der Waals surface area (Å²) in [5.74, 6) is 0. The first-order valence-electron chi connectivity index (χ1n) is 2.00. The molecule has 1 atom stereocenters. The van der Waals surface area contributed by atoms with Gasteiger partial charge in [-0.2, -0.15) is 4.84 Å². The molecule has 0 aromatic carbocycles. The second-order valence-corrected chi connectivity index (χ2v) is 1.14. The Morgan fingerprint density at radius 1 is 1.88 bits per heavy atom. The molecule has 5 heteroatoms. The predicted octanol–water partition coefficient (Wildman–Crippen LogP) is -1.61. The van der Waals surface area contributed by atoms with Gasteiger partial charge in [0.05, 0.1) is 14.2 Å². The Labute approximate surface area is 47.6 Å². The minimum atomic E-state index is -0.514. The van der Waals surface area contributed by atoms with Crippen LogP contribution in [0.1, 0.15) is 0 Å². The van der Waals surface area contributed by atoms with Gasteiger partial charge in [-0.25, -0.2) is 0 Å². The Bertz CT molecular complexity index is 76.9. The van der Waals surface area contributed by atoms with E-state index < -0.39 is 5.34 Å². The molecule has 8 heavy (non-hydrogen) atoms. The molecule has 1 unspecified atom stereocenters. The molecule has 0 amide bonds. The van der Waals surface area contributed by atoms with E-state index in [1.54, 1.807) is 0 Å². The summed E-state index contributed by atoms with van der Waals surface area (Å²) in [7, 11) is 2.74. The number of hydrogen-bond acceptors (Lipinski definition) is 4. The summed E-state index contributed by atoms with van der Waals surface area (Å²) in [5.41, 5.74) is 0. The maximum atomic E-state index is 10.3.